The zero-order valence-corrected chi connectivity index (χ0v) is 13.3. The van der Waals surface area contributed by atoms with Crippen LogP contribution < -0.4 is 0 Å². The van der Waals surface area contributed by atoms with Crippen molar-refractivity contribution in [1.29, 1.82) is 0 Å². The normalized spacial score (nSPS) is 25.5. The third-order valence-electron chi connectivity index (χ3n) is 3.66. The van der Waals surface area contributed by atoms with Crippen molar-refractivity contribution in [3.63, 3.8) is 0 Å². The lowest BCUT2D eigenvalue weighted by Crippen LogP contribution is -2.37. The highest BCUT2D eigenvalue weighted by atomic mass is 35.5. The van der Waals surface area contributed by atoms with Crippen molar-refractivity contribution in [1.82, 2.24) is 0 Å². The Morgan fingerprint density at radius 1 is 1.27 bits per heavy atom. The topological polar surface area (TPSA) is 18.5 Å². The second-order valence-electron chi connectivity index (χ2n) is 5.13. The summed E-state index contributed by atoms with van der Waals surface area (Å²) in [6.07, 6.45) is 7.55. The van der Waals surface area contributed by atoms with Crippen molar-refractivity contribution in [2.24, 2.45) is 5.92 Å². The Morgan fingerprint density at radius 3 is 2.68 bits per heavy atom. The summed E-state index contributed by atoms with van der Waals surface area (Å²) in [5.41, 5.74) is 1.83. The maximum Gasteiger partial charge on any atom is 0.185 e. The van der Waals surface area contributed by atoms with Crippen LogP contribution >= 0.6 is 11.6 Å². The maximum atomic E-state index is 6.25. The fourth-order valence-corrected chi connectivity index (χ4v) is 2.81. The van der Waals surface area contributed by atoms with Gasteiger partial charge in [-0.2, -0.15) is 0 Å². The molecule has 116 valence electrons. The molecule has 0 bridgehead atoms. The van der Waals surface area contributed by atoms with E-state index >= 15 is 0 Å². The second kappa shape index (κ2) is 8.14. The SMILES string of the molecule is C=C/C=C(\C=C)C1OC(c2ccccc2Cl)OCC1CC=C. The van der Waals surface area contributed by atoms with Gasteiger partial charge in [-0.3, -0.25) is 0 Å². The number of hydrogen-bond donors (Lipinski definition) is 0. The second-order valence-corrected chi connectivity index (χ2v) is 5.54. The zero-order valence-electron chi connectivity index (χ0n) is 12.6. The van der Waals surface area contributed by atoms with Gasteiger partial charge in [0.05, 0.1) is 12.7 Å². The molecule has 22 heavy (non-hydrogen) atoms. The smallest absolute Gasteiger partial charge is 0.185 e. The lowest BCUT2D eigenvalue weighted by Gasteiger charge is -2.37. The molecule has 0 saturated carbocycles. The predicted molar refractivity (Wildman–Crippen MR) is 91.8 cm³/mol. The Kier molecular flexibility index (Phi) is 6.20. The Labute approximate surface area is 137 Å². The van der Waals surface area contributed by atoms with E-state index in [9.17, 15) is 0 Å². The average molecular weight is 317 g/mol. The van der Waals surface area contributed by atoms with Crippen LogP contribution in [0.15, 0.2) is 73.9 Å². The van der Waals surface area contributed by atoms with E-state index < -0.39 is 6.29 Å². The minimum atomic E-state index is -0.479. The van der Waals surface area contributed by atoms with Gasteiger partial charge in [0, 0.05) is 16.5 Å². The molecule has 3 heteroatoms. The summed E-state index contributed by atoms with van der Waals surface area (Å²) >= 11 is 6.25. The number of allylic oxidation sites excluding steroid dienone is 3. The van der Waals surface area contributed by atoms with Crippen molar-refractivity contribution in [2.75, 3.05) is 6.61 Å². The van der Waals surface area contributed by atoms with Crippen LogP contribution in [0.4, 0.5) is 0 Å². The molecule has 0 amide bonds. The Balaban J connectivity index is 2.28. The first-order valence-corrected chi connectivity index (χ1v) is 7.66. The van der Waals surface area contributed by atoms with Crippen LogP contribution in [0.1, 0.15) is 18.3 Å². The van der Waals surface area contributed by atoms with E-state index in [0.717, 1.165) is 17.6 Å². The summed E-state index contributed by atoms with van der Waals surface area (Å²) in [5, 5.41) is 0.640. The largest absolute Gasteiger partial charge is 0.348 e. The van der Waals surface area contributed by atoms with E-state index in [-0.39, 0.29) is 12.0 Å². The highest BCUT2D eigenvalue weighted by Gasteiger charge is 2.34. The molecular formula is C19H21ClO2. The van der Waals surface area contributed by atoms with E-state index in [1.807, 2.05) is 36.4 Å². The van der Waals surface area contributed by atoms with E-state index in [4.69, 9.17) is 21.1 Å². The molecule has 3 unspecified atom stereocenters. The molecule has 1 fully saturated rings. The van der Waals surface area contributed by atoms with Gasteiger partial charge in [0.15, 0.2) is 6.29 Å². The van der Waals surface area contributed by atoms with Crippen molar-refractivity contribution in [3.8, 4) is 0 Å². The lowest BCUT2D eigenvalue weighted by molar-refractivity contribution is -0.229. The number of rotatable bonds is 6. The molecule has 0 spiro atoms. The van der Waals surface area contributed by atoms with E-state index in [1.54, 1.807) is 12.2 Å². The average Bonchev–Trinajstić information content (AvgIpc) is 2.54. The third kappa shape index (κ3) is 3.77. The summed E-state index contributed by atoms with van der Waals surface area (Å²) in [4.78, 5) is 0. The highest BCUT2D eigenvalue weighted by molar-refractivity contribution is 6.31. The van der Waals surface area contributed by atoms with Crippen LogP contribution in [-0.4, -0.2) is 12.7 Å². The number of ether oxygens (including phenoxy) is 2. The molecule has 0 radical (unpaired) electrons. The zero-order chi connectivity index (χ0) is 15.9. The van der Waals surface area contributed by atoms with Gasteiger partial charge >= 0.3 is 0 Å². The van der Waals surface area contributed by atoms with Crippen LogP contribution in [-0.2, 0) is 9.47 Å². The van der Waals surface area contributed by atoms with E-state index in [2.05, 4.69) is 19.7 Å². The molecule has 0 N–H and O–H groups in total. The van der Waals surface area contributed by atoms with Crippen LogP contribution in [0, 0.1) is 5.92 Å². The minimum absolute atomic E-state index is 0.122. The summed E-state index contributed by atoms with van der Waals surface area (Å²) in [5.74, 6) is 0.195. The lowest BCUT2D eigenvalue weighted by atomic mass is 9.91. The first-order valence-electron chi connectivity index (χ1n) is 7.28. The fourth-order valence-electron chi connectivity index (χ4n) is 2.58. The number of hydrogen-bond acceptors (Lipinski definition) is 2. The monoisotopic (exact) mass is 316 g/mol. The van der Waals surface area contributed by atoms with Crippen LogP contribution in [0.2, 0.25) is 5.02 Å². The van der Waals surface area contributed by atoms with Gasteiger partial charge in [-0.1, -0.05) is 67.3 Å². The van der Waals surface area contributed by atoms with Crippen LogP contribution in [0.3, 0.4) is 0 Å². The van der Waals surface area contributed by atoms with Gasteiger partial charge in [0.2, 0.25) is 0 Å². The number of benzene rings is 1. The standard InChI is InChI=1S/C19H21ClO2/c1-4-9-14(6-3)18-15(10-5-2)13-21-19(22-18)16-11-7-8-12-17(16)20/h4-9,11-12,15,18-19H,1-3,10,13H2/b14-9+. The summed E-state index contributed by atoms with van der Waals surface area (Å²) in [7, 11) is 0. The Bertz CT molecular complexity index is 577. The molecule has 3 atom stereocenters. The summed E-state index contributed by atoms with van der Waals surface area (Å²) in [6, 6.07) is 7.57. The summed E-state index contributed by atoms with van der Waals surface area (Å²) in [6.45, 7) is 12.0. The van der Waals surface area contributed by atoms with Gasteiger partial charge in [0.1, 0.15) is 0 Å². The molecule has 1 aliphatic heterocycles. The van der Waals surface area contributed by atoms with E-state index in [1.165, 1.54) is 0 Å². The molecule has 1 aromatic carbocycles. The Morgan fingerprint density at radius 2 is 2.05 bits per heavy atom. The van der Waals surface area contributed by atoms with Crippen LogP contribution in [0.5, 0.6) is 0 Å². The molecule has 1 aromatic rings. The molecule has 2 rings (SSSR count). The van der Waals surface area contributed by atoms with Crippen molar-refractivity contribution in [2.45, 2.75) is 18.8 Å². The quantitative estimate of drug-likeness (QED) is 0.527. The van der Waals surface area contributed by atoms with Crippen molar-refractivity contribution < 1.29 is 9.47 Å². The number of halogens is 1. The molecule has 1 saturated heterocycles. The summed E-state index contributed by atoms with van der Waals surface area (Å²) < 4.78 is 12.1. The van der Waals surface area contributed by atoms with Gasteiger partial charge in [-0.25, -0.2) is 0 Å². The molecule has 2 nitrogen and oxygen atoms in total. The molecule has 0 aliphatic carbocycles. The van der Waals surface area contributed by atoms with Gasteiger partial charge in [0.25, 0.3) is 0 Å². The predicted octanol–water partition coefficient (Wildman–Crippen LogP) is 5.24. The van der Waals surface area contributed by atoms with Crippen molar-refractivity contribution >= 4 is 11.6 Å². The van der Waals surface area contributed by atoms with Crippen LogP contribution in [0.25, 0.3) is 0 Å². The fraction of sp³-hybridized carbons (Fsp3) is 0.263. The minimum Gasteiger partial charge on any atom is -0.348 e. The molecule has 0 aromatic heterocycles. The van der Waals surface area contributed by atoms with Crippen molar-refractivity contribution in [3.05, 3.63) is 84.5 Å². The van der Waals surface area contributed by atoms with Gasteiger partial charge < -0.3 is 9.47 Å². The molecule has 1 heterocycles. The maximum absolute atomic E-state index is 6.25. The third-order valence-corrected chi connectivity index (χ3v) is 4.01. The van der Waals surface area contributed by atoms with E-state index in [0.29, 0.717) is 11.6 Å². The van der Waals surface area contributed by atoms with Gasteiger partial charge in [-0.05, 0) is 18.1 Å². The first-order chi connectivity index (χ1) is 10.7. The first kappa shape index (κ1) is 16.8. The molecular weight excluding hydrogens is 296 g/mol. The van der Waals surface area contributed by atoms with Gasteiger partial charge in [-0.15, -0.1) is 6.58 Å². The highest BCUT2D eigenvalue weighted by Crippen LogP contribution is 2.36. The molecule has 1 aliphatic rings. The Hall–Kier alpha value is -1.61.